The summed E-state index contributed by atoms with van der Waals surface area (Å²) in [6.45, 7) is 7.08. The molecule has 0 unspecified atom stereocenters. The van der Waals surface area contributed by atoms with E-state index in [1.807, 2.05) is 42.5 Å². The maximum Gasteiger partial charge on any atom is 0.198 e. The number of carbonyl (C=O) groups is 1. The van der Waals surface area contributed by atoms with Crippen molar-refractivity contribution in [2.75, 3.05) is 0 Å². The van der Waals surface area contributed by atoms with Gasteiger partial charge in [0.15, 0.2) is 5.78 Å². The van der Waals surface area contributed by atoms with Crippen LogP contribution in [0.5, 0.6) is 11.5 Å². The van der Waals surface area contributed by atoms with Crippen molar-refractivity contribution in [2.24, 2.45) is 0 Å². The number of ketones is 1. The minimum absolute atomic E-state index is 0.0247. The minimum atomic E-state index is -1.02. The van der Waals surface area contributed by atoms with Gasteiger partial charge >= 0.3 is 0 Å². The van der Waals surface area contributed by atoms with E-state index >= 15 is 0 Å². The van der Waals surface area contributed by atoms with Gasteiger partial charge in [0.25, 0.3) is 0 Å². The molecule has 1 aliphatic heterocycles. The van der Waals surface area contributed by atoms with Crippen LogP contribution in [0.4, 0.5) is 0 Å². The van der Waals surface area contributed by atoms with Crippen LogP contribution in [-0.4, -0.2) is 22.1 Å². The Hall–Kier alpha value is -2.11. The fraction of sp³-hybridized carbons (Fsp3) is 0.375. The first-order valence-electron chi connectivity index (χ1n) is 9.85. The molecular formula is C24H25BrO4. The van der Waals surface area contributed by atoms with E-state index in [9.17, 15) is 9.90 Å². The summed E-state index contributed by atoms with van der Waals surface area (Å²) < 4.78 is 12.9. The second-order valence-electron chi connectivity index (χ2n) is 8.76. The van der Waals surface area contributed by atoms with Gasteiger partial charge in [0.2, 0.25) is 0 Å². The Labute approximate surface area is 179 Å². The van der Waals surface area contributed by atoms with Crippen LogP contribution >= 0.6 is 15.9 Å². The molecule has 2 aromatic rings. The molecule has 1 heterocycles. The number of ether oxygens (including phenoxy) is 2. The number of halogens is 1. The maximum absolute atomic E-state index is 13.3. The predicted octanol–water partition coefficient (Wildman–Crippen LogP) is 6.54. The van der Waals surface area contributed by atoms with E-state index in [0.717, 1.165) is 28.4 Å². The molecular weight excluding hydrogens is 432 g/mol. The monoisotopic (exact) mass is 456 g/mol. The Morgan fingerprint density at radius 1 is 1.03 bits per heavy atom. The van der Waals surface area contributed by atoms with Gasteiger partial charge in [0, 0.05) is 4.47 Å². The lowest BCUT2D eigenvalue weighted by atomic mass is 9.81. The van der Waals surface area contributed by atoms with Gasteiger partial charge in [-0.3, -0.25) is 4.79 Å². The van der Waals surface area contributed by atoms with Gasteiger partial charge in [0.1, 0.15) is 28.5 Å². The van der Waals surface area contributed by atoms with E-state index in [2.05, 4.69) is 15.9 Å². The molecule has 0 saturated heterocycles. The van der Waals surface area contributed by atoms with E-state index < -0.39 is 11.2 Å². The Balaban J connectivity index is 1.84. The normalized spacial score (nSPS) is 20.7. The zero-order valence-electron chi connectivity index (χ0n) is 17.1. The maximum atomic E-state index is 13.3. The second-order valence-corrected chi connectivity index (χ2v) is 9.67. The zero-order valence-corrected chi connectivity index (χ0v) is 18.7. The molecule has 4 nitrogen and oxygen atoms in total. The van der Waals surface area contributed by atoms with Crippen LogP contribution in [0.2, 0.25) is 0 Å². The van der Waals surface area contributed by atoms with E-state index in [-0.39, 0.29) is 11.5 Å². The Bertz CT molecular complexity index is 1020. The molecule has 4 rings (SSSR count). The van der Waals surface area contributed by atoms with Gasteiger partial charge in [-0.1, -0.05) is 28.1 Å². The molecule has 152 valence electrons. The van der Waals surface area contributed by atoms with Gasteiger partial charge < -0.3 is 14.6 Å². The van der Waals surface area contributed by atoms with Crippen molar-refractivity contribution in [1.82, 2.24) is 0 Å². The number of hydrogen-bond acceptors (Lipinski definition) is 4. The smallest absolute Gasteiger partial charge is 0.198 e. The molecule has 1 N–H and O–H groups in total. The molecule has 0 radical (unpaired) electrons. The summed E-state index contributed by atoms with van der Waals surface area (Å²) in [6.07, 6.45) is 2.18. The van der Waals surface area contributed by atoms with Crippen molar-refractivity contribution >= 4 is 27.3 Å². The average molecular weight is 457 g/mol. The quantitative estimate of drug-likeness (QED) is 0.566. The molecule has 0 bridgehead atoms. The first kappa shape index (κ1) is 20.2. The van der Waals surface area contributed by atoms with Crippen molar-refractivity contribution < 1.29 is 19.4 Å². The topological polar surface area (TPSA) is 55.8 Å². The lowest BCUT2D eigenvalue weighted by Crippen LogP contribution is -2.49. The molecule has 2 aliphatic rings. The van der Waals surface area contributed by atoms with Crippen LogP contribution in [0.15, 0.2) is 52.7 Å². The summed E-state index contributed by atoms with van der Waals surface area (Å²) in [5.41, 5.74) is 0.191. The summed E-state index contributed by atoms with van der Waals surface area (Å²) in [5.74, 6) is 1.49. The van der Waals surface area contributed by atoms with Gasteiger partial charge in [-0.15, -0.1) is 0 Å². The fourth-order valence-corrected chi connectivity index (χ4v) is 4.30. The van der Waals surface area contributed by atoms with Gasteiger partial charge in [-0.25, -0.2) is 0 Å². The minimum Gasteiger partial charge on any atom is -0.508 e. The molecule has 0 aromatic heterocycles. The van der Waals surface area contributed by atoms with Crippen LogP contribution < -0.4 is 4.74 Å². The van der Waals surface area contributed by atoms with Crippen LogP contribution in [0, 0.1) is 0 Å². The Morgan fingerprint density at radius 2 is 1.72 bits per heavy atom. The molecule has 5 heteroatoms. The van der Waals surface area contributed by atoms with Crippen molar-refractivity contribution in [2.45, 2.75) is 57.7 Å². The SMILES string of the molecule is CC1(C)OC(C)(C)C(O)=C(c2cc(Oc3cccc(Br)c3)ccc2C2CC2)C1=O. The third kappa shape index (κ3) is 3.86. The summed E-state index contributed by atoms with van der Waals surface area (Å²) in [6, 6.07) is 13.4. The first-order chi connectivity index (χ1) is 13.6. The Kier molecular flexibility index (Phi) is 4.87. The van der Waals surface area contributed by atoms with Gasteiger partial charge in [-0.2, -0.15) is 0 Å². The van der Waals surface area contributed by atoms with Crippen LogP contribution in [0.3, 0.4) is 0 Å². The highest BCUT2D eigenvalue weighted by Crippen LogP contribution is 2.48. The highest BCUT2D eigenvalue weighted by atomic mass is 79.9. The first-order valence-corrected chi connectivity index (χ1v) is 10.6. The molecule has 2 aromatic carbocycles. The van der Waals surface area contributed by atoms with E-state index in [1.165, 1.54) is 0 Å². The van der Waals surface area contributed by atoms with Crippen molar-refractivity contribution in [3.63, 3.8) is 0 Å². The molecule has 0 amide bonds. The molecule has 0 spiro atoms. The van der Waals surface area contributed by atoms with Gasteiger partial charge in [-0.05, 0) is 87.9 Å². The summed E-state index contributed by atoms with van der Waals surface area (Å²) >= 11 is 3.45. The second kappa shape index (κ2) is 6.99. The van der Waals surface area contributed by atoms with Crippen molar-refractivity contribution in [1.29, 1.82) is 0 Å². The van der Waals surface area contributed by atoms with Crippen molar-refractivity contribution in [3.05, 3.63) is 63.8 Å². The third-order valence-electron chi connectivity index (χ3n) is 5.43. The number of hydrogen-bond donors (Lipinski definition) is 1. The average Bonchev–Trinajstić information content (AvgIpc) is 3.45. The Morgan fingerprint density at radius 3 is 2.38 bits per heavy atom. The third-order valence-corrected chi connectivity index (χ3v) is 5.93. The summed E-state index contributed by atoms with van der Waals surface area (Å²) in [5, 5.41) is 11.0. The number of aliphatic hydroxyl groups is 1. The molecule has 0 atom stereocenters. The largest absolute Gasteiger partial charge is 0.508 e. The van der Waals surface area contributed by atoms with Gasteiger partial charge in [0.05, 0.1) is 5.57 Å². The van der Waals surface area contributed by atoms with Crippen LogP contribution in [-0.2, 0) is 9.53 Å². The standard InChI is InChI=1S/C24H25BrO4/c1-23(2)21(26)20(22(27)24(3,4)29-23)19-13-17(10-11-18(19)14-8-9-14)28-16-7-5-6-15(25)12-16/h5-7,10-14,26H,8-9H2,1-4H3. The number of Topliss-reactive ketones (excluding diaryl/α,β-unsaturated/α-hetero) is 1. The van der Waals surface area contributed by atoms with E-state index in [1.54, 1.807) is 27.7 Å². The summed E-state index contributed by atoms with van der Waals surface area (Å²) in [4.78, 5) is 13.3. The molecule has 1 fully saturated rings. The highest BCUT2D eigenvalue weighted by Gasteiger charge is 2.47. The molecule has 29 heavy (non-hydrogen) atoms. The number of aliphatic hydroxyl groups excluding tert-OH is 1. The summed E-state index contributed by atoms with van der Waals surface area (Å²) in [7, 11) is 0. The lowest BCUT2D eigenvalue weighted by molar-refractivity contribution is -0.158. The van der Waals surface area contributed by atoms with E-state index in [0.29, 0.717) is 23.0 Å². The van der Waals surface area contributed by atoms with Crippen LogP contribution in [0.1, 0.15) is 57.6 Å². The lowest BCUT2D eigenvalue weighted by Gasteiger charge is -2.40. The number of rotatable bonds is 4. The van der Waals surface area contributed by atoms with Crippen LogP contribution in [0.25, 0.3) is 5.57 Å². The molecule has 1 aliphatic carbocycles. The molecule has 1 saturated carbocycles. The number of benzene rings is 2. The number of carbonyl (C=O) groups excluding carboxylic acids is 1. The van der Waals surface area contributed by atoms with Crippen molar-refractivity contribution in [3.8, 4) is 11.5 Å². The highest BCUT2D eigenvalue weighted by molar-refractivity contribution is 9.10. The predicted molar refractivity (Wildman–Crippen MR) is 116 cm³/mol. The fourth-order valence-electron chi connectivity index (χ4n) is 3.92. The zero-order chi connectivity index (χ0) is 21.0. The van der Waals surface area contributed by atoms with E-state index in [4.69, 9.17) is 9.47 Å².